The Labute approximate surface area is 111 Å². The van der Waals surface area contributed by atoms with E-state index < -0.39 is 0 Å². The van der Waals surface area contributed by atoms with E-state index in [4.69, 9.17) is 11.6 Å². The first-order valence-electron chi connectivity index (χ1n) is 5.71. The van der Waals surface area contributed by atoms with E-state index in [2.05, 4.69) is 10.4 Å². The summed E-state index contributed by atoms with van der Waals surface area (Å²) >= 11 is 5.78. The molecule has 0 aliphatic rings. The highest BCUT2D eigenvalue weighted by Gasteiger charge is 2.10. The first-order valence-corrected chi connectivity index (χ1v) is 6.09. The van der Waals surface area contributed by atoms with Gasteiger partial charge in [-0.2, -0.15) is 5.10 Å². The molecule has 0 bridgehead atoms. The Hall–Kier alpha value is -1.81. The summed E-state index contributed by atoms with van der Waals surface area (Å²) in [5.74, 6) is 0.538. The van der Waals surface area contributed by atoms with Crippen molar-refractivity contribution in [1.29, 1.82) is 0 Å². The molecule has 1 N–H and O–H groups in total. The summed E-state index contributed by atoms with van der Waals surface area (Å²) < 4.78 is 1.75. The van der Waals surface area contributed by atoms with Crippen molar-refractivity contribution in [3.8, 4) is 0 Å². The molecular formula is C13H14ClN3O. The Balaban J connectivity index is 2.18. The lowest BCUT2D eigenvalue weighted by Crippen LogP contribution is -2.15. The number of anilines is 1. The van der Waals surface area contributed by atoms with Gasteiger partial charge in [-0.15, -0.1) is 0 Å². The predicted octanol–water partition coefficient (Wildman–Crippen LogP) is 3.12. The van der Waals surface area contributed by atoms with Crippen molar-refractivity contribution in [2.75, 3.05) is 5.32 Å². The van der Waals surface area contributed by atoms with Gasteiger partial charge < -0.3 is 5.32 Å². The van der Waals surface area contributed by atoms with Gasteiger partial charge in [0.15, 0.2) is 0 Å². The van der Waals surface area contributed by atoms with Gasteiger partial charge in [-0.3, -0.25) is 4.79 Å². The second-order valence-electron chi connectivity index (χ2n) is 3.95. The second kappa shape index (κ2) is 5.23. The lowest BCUT2D eigenvalue weighted by Gasteiger charge is -2.06. The summed E-state index contributed by atoms with van der Waals surface area (Å²) in [7, 11) is 0. The van der Waals surface area contributed by atoms with Crippen molar-refractivity contribution in [2.24, 2.45) is 0 Å². The molecule has 5 heteroatoms. The Kier molecular flexibility index (Phi) is 3.67. The van der Waals surface area contributed by atoms with Crippen LogP contribution in [0.3, 0.4) is 0 Å². The van der Waals surface area contributed by atoms with Gasteiger partial charge in [0, 0.05) is 23.2 Å². The number of nitrogens with zero attached hydrogens (tertiary/aromatic N) is 2. The average Bonchev–Trinajstić information content (AvgIpc) is 2.70. The van der Waals surface area contributed by atoms with Crippen molar-refractivity contribution in [2.45, 2.75) is 20.4 Å². The fourth-order valence-electron chi connectivity index (χ4n) is 1.68. The Morgan fingerprint density at radius 1 is 1.39 bits per heavy atom. The zero-order valence-corrected chi connectivity index (χ0v) is 11.0. The second-order valence-corrected chi connectivity index (χ2v) is 4.38. The van der Waals surface area contributed by atoms with Gasteiger partial charge in [-0.25, -0.2) is 4.68 Å². The van der Waals surface area contributed by atoms with E-state index in [9.17, 15) is 4.79 Å². The monoisotopic (exact) mass is 263 g/mol. The van der Waals surface area contributed by atoms with Gasteiger partial charge in [-0.1, -0.05) is 11.6 Å². The van der Waals surface area contributed by atoms with Crippen LogP contribution in [0.2, 0.25) is 5.02 Å². The molecule has 0 aliphatic heterocycles. The van der Waals surface area contributed by atoms with E-state index in [1.165, 1.54) is 0 Å². The van der Waals surface area contributed by atoms with E-state index in [0.717, 1.165) is 5.69 Å². The predicted molar refractivity (Wildman–Crippen MR) is 72.0 cm³/mol. The minimum Gasteiger partial charge on any atom is -0.307 e. The van der Waals surface area contributed by atoms with Crippen LogP contribution in [0.25, 0.3) is 0 Å². The fraction of sp³-hybridized carbons (Fsp3) is 0.231. The zero-order chi connectivity index (χ0) is 13.1. The van der Waals surface area contributed by atoms with E-state index in [0.29, 0.717) is 22.9 Å². The molecule has 0 atom stereocenters. The smallest absolute Gasteiger partial charge is 0.256 e. The maximum absolute atomic E-state index is 12.0. The summed E-state index contributed by atoms with van der Waals surface area (Å²) in [6.07, 6.45) is 0. The Morgan fingerprint density at radius 2 is 2.06 bits per heavy atom. The minimum atomic E-state index is -0.165. The third-order valence-corrected chi connectivity index (χ3v) is 2.80. The SMILES string of the molecule is CCn1nc(C)cc1NC(=O)c1ccc(Cl)cc1. The van der Waals surface area contributed by atoms with Gasteiger partial charge in [0.25, 0.3) is 5.91 Å². The van der Waals surface area contributed by atoms with Crippen molar-refractivity contribution in [3.05, 3.63) is 46.6 Å². The summed E-state index contributed by atoms with van der Waals surface area (Å²) in [6.45, 7) is 4.58. The molecule has 94 valence electrons. The van der Waals surface area contributed by atoms with Gasteiger partial charge >= 0.3 is 0 Å². The molecule has 0 spiro atoms. The lowest BCUT2D eigenvalue weighted by atomic mass is 10.2. The van der Waals surface area contributed by atoms with E-state index in [1.54, 1.807) is 28.9 Å². The first kappa shape index (κ1) is 12.6. The minimum absolute atomic E-state index is 0.165. The average molecular weight is 264 g/mol. The molecule has 1 amide bonds. The highest BCUT2D eigenvalue weighted by atomic mass is 35.5. The van der Waals surface area contributed by atoms with Crippen molar-refractivity contribution >= 4 is 23.3 Å². The number of aromatic nitrogens is 2. The number of halogens is 1. The van der Waals surface area contributed by atoms with Crippen molar-refractivity contribution in [3.63, 3.8) is 0 Å². The van der Waals surface area contributed by atoms with Crippen LogP contribution >= 0.6 is 11.6 Å². The quantitative estimate of drug-likeness (QED) is 0.925. The van der Waals surface area contributed by atoms with Crippen molar-refractivity contribution in [1.82, 2.24) is 9.78 Å². The zero-order valence-electron chi connectivity index (χ0n) is 10.3. The summed E-state index contributed by atoms with van der Waals surface area (Å²) in [6, 6.07) is 8.61. The van der Waals surface area contributed by atoms with Gasteiger partial charge in [0.1, 0.15) is 5.82 Å². The standard InChI is InChI=1S/C13H14ClN3O/c1-3-17-12(8-9(2)16-17)15-13(18)10-4-6-11(14)7-5-10/h4-8H,3H2,1-2H3,(H,15,18). The molecule has 18 heavy (non-hydrogen) atoms. The Morgan fingerprint density at radius 3 is 2.67 bits per heavy atom. The topological polar surface area (TPSA) is 46.9 Å². The highest BCUT2D eigenvalue weighted by Crippen LogP contribution is 2.14. The van der Waals surface area contributed by atoms with Gasteiger partial charge in [0.2, 0.25) is 0 Å². The number of nitrogens with one attached hydrogen (secondary N) is 1. The number of benzene rings is 1. The molecule has 2 aromatic rings. The maximum Gasteiger partial charge on any atom is 0.256 e. The summed E-state index contributed by atoms with van der Waals surface area (Å²) in [5.41, 5.74) is 1.45. The van der Waals surface area contributed by atoms with Crippen LogP contribution in [0.1, 0.15) is 23.0 Å². The van der Waals surface area contributed by atoms with E-state index >= 15 is 0 Å². The molecule has 0 saturated heterocycles. The molecule has 4 nitrogen and oxygen atoms in total. The van der Waals surface area contributed by atoms with E-state index in [-0.39, 0.29) is 5.91 Å². The highest BCUT2D eigenvalue weighted by molar-refractivity contribution is 6.30. The number of aryl methyl sites for hydroxylation is 2. The molecular weight excluding hydrogens is 250 g/mol. The van der Waals surface area contributed by atoms with Crippen LogP contribution in [0.15, 0.2) is 30.3 Å². The molecule has 2 rings (SSSR count). The third kappa shape index (κ3) is 2.71. The molecule has 0 radical (unpaired) electrons. The molecule has 0 fully saturated rings. The fourth-order valence-corrected chi connectivity index (χ4v) is 1.80. The molecule has 1 heterocycles. The van der Waals surface area contributed by atoms with Crippen LogP contribution in [-0.4, -0.2) is 15.7 Å². The van der Waals surface area contributed by atoms with Crippen LogP contribution in [-0.2, 0) is 6.54 Å². The first-order chi connectivity index (χ1) is 8.60. The van der Waals surface area contributed by atoms with Crippen LogP contribution < -0.4 is 5.32 Å². The third-order valence-electron chi connectivity index (χ3n) is 2.55. The van der Waals surface area contributed by atoms with E-state index in [1.807, 2.05) is 19.9 Å². The molecule has 0 aliphatic carbocycles. The largest absolute Gasteiger partial charge is 0.307 e. The van der Waals surface area contributed by atoms with Crippen molar-refractivity contribution < 1.29 is 4.79 Å². The number of carbonyl (C=O) groups excluding carboxylic acids is 1. The number of hydrogen-bond donors (Lipinski definition) is 1. The maximum atomic E-state index is 12.0. The number of carbonyl (C=O) groups is 1. The lowest BCUT2D eigenvalue weighted by molar-refractivity contribution is 0.102. The Bertz CT molecular complexity index is 560. The molecule has 1 aromatic carbocycles. The number of amides is 1. The van der Waals surface area contributed by atoms with Gasteiger partial charge in [-0.05, 0) is 38.1 Å². The van der Waals surface area contributed by atoms with Gasteiger partial charge in [0.05, 0.1) is 5.69 Å². The van der Waals surface area contributed by atoms with Crippen LogP contribution in [0, 0.1) is 6.92 Å². The molecule has 0 saturated carbocycles. The molecule has 1 aromatic heterocycles. The number of rotatable bonds is 3. The summed E-state index contributed by atoms with van der Waals surface area (Å²) in [5, 5.41) is 7.72. The normalized spacial score (nSPS) is 10.4. The summed E-state index contributed by atoms with van der Waals surface area (Å²) in [4.78, 5) is 12.0. The number of hydrogen-bond acceptors (Lipinski definition) is 2. The molecule has 0 unspecified atom stereocenters. The van der Waals surface area contributed by atoms with Crippen LogP contribution in [0.5, 0.6) is 0 Å². The van der Waals surface area contributed by atoms with Crippen LogP contribution in [0.4, 0.5) is 5.82 Å².